The number of anilines is 1. The Morgan fingerprint density at radius 1 is 1.41 bits per heavy atom. The van der Waals surface area contributed by atoms with Crippen LogP contribution in [0.3, 0.4) is 0 Å². The fraction of sp³-hybridized carbons (Fsp3) is 0.273. The van der Waals surface area contributed by atoms with E-state index in [9.17, 15) is 9.59 Å². The molecule has 1 aromatic rings. The molecule has 0 spiro atoms. The van der Waals surface area contributed by atoms with E-state index >= 15 is 0 Å². The minimum atomic E-state index is -0.615. The number of halogens is 1. The van der Waals surface area contributed by atoms with E-state index in [1.165, 1.54) is 0 Å². The number of hydrogen-bond donors (Lipinski definition) is 2. The van der Waals surface area contributed by atoms with Crippen LogP contribution in [0.15, 0.2) is 18.2 Å². The molecule has 17 heavy (non-hydrogen) atoms. The number of aryl methyl sites for hydroxylation is 1. The van der Waals surface area contributed by atoms with E-state index in [0.717, 1.165) is 5.56 Å². The number of nitrogens with one attached hydrogen (secondary N) is 1. The van der Waals surface area contributed by atoms with Gasteiger partial charge in [-0.1, -0.05) is 17.7 Å². The van der Waals surface area contributed by atoms with E-state index in [2.05, 4.69) is 5.32 Å². The highest BCUT2D eigenvalue weighted by Gasteiger charge is 2.05. The van der Waals surface area contributed by atoms with E-state index in [1.54, 1.807) is 18.2 Å². The van der Waals surface area contributed by atoms with Gasteiger partial charge in [-0.3, -0.25) is 9.59 Å². The maximum absolute atomic E-state index is 11.4. The number of benzene rings is 1. The topological polar surface area (TPSA) is 81.4 Å². The molecule has 0 radical (unpaired) electrons. The number of carbonyl (C=O) groups excluding carboxylic acids is 2. The molecule has 0 saturated carbocycles. The quantitative estimate of drug-likeness (QED) is 0.827. The SMILES string of the molecule is Cc1ccc(NC(=O)COCC(N)=O)cc1Cl. The average molecular weight is 257 g/mol. The molecule has 0 aliphatic heterocycles. The van der Waals surface area contributed by atoms with Gasteiger partial charge >= 0.3 is 0 Å². The second-order valence-electron chi connectivity index (χ2n) is 3.47. The van der Waals surface area contributed by atoms with E-state index < -0.39 is 5.91 Å². The molecule has 0 fully saturated rings. The number of ether oxygens (including phenoxy) is 1. The number of hydrogen-bond acceptors (Lipinski definition) is 3. The summed E-state index contributed by atoms with van der Waals surface area (Å²) in [4.78, 5) is 21.7. The summed E-state index contributed by atoms with van der Waals surface area (Å²) in [5, 5.41) is 3.15. The lowest BCUT2D eigenvalue weighted by molar-refractivity contribution is -0.126. The van der Waals surface area contributed by atoms with Gasteiger partial charge in [-0.25, -0.2) is 0 Å². The fourth-order valence-electron chi connectivity index (χ4n) is 1.11. The predicted octanol–water partition coefficient (Wildman–Crippen LogP) is 1.09. The van der Waals surface area contributed by atoms with Crippen molar-refractivity contribution in [3.05, 3.63) is 28.8 Å². The maximum Gasteiger partial charge on any atom is 0.250 e. The summed E-state index contributed by atoms with van der Waals surface area (Å²) in [5.41, 5.74) is 6.36. The summed E-state index contributed by atoms with van der Waals surface area (Å²) < 4.78 is 4.76. The van der Waals surface area contributed by atoms with Crippen LogP contribution < -0.4 is 11.1 Å². The van der Waals surface area contributed by atoms with Crippen LogP contribution in [-0.2, 0) is 14.3 Å². The van der Waals surface area contributed by atoms with Crippen LogP contribution in [0.4, 0.5) is 5.69 Å². The Morgan fingerprint density at radius 2 is 2.12 bits per heavy atom. The van der Waals surface area contributed by atoms with E-state index in [0.29, 0.717) is 10.7 Å². The van der Waals surface area contributed by atoms with Gasteiger partial charge in [-0.15, -0.1) is 0 Å². The molecule has 1 rings (SSSR count). The summed E-state index contributed by atoms with van der Waals surface area (Å²) in [6.07, 6.45) is 0. The van der Waals surface area contributed by atoms with Gasteiger partial charge in [-0.2, -0.15) is 0 Å². The van der Waals surface area contributed by atoms with Gasteiger partial charge in [0.25, 0.3) is 0 Å². The molecule has 0 bridgehead atoms. The summed E-state index contributed by atoms with van der Waals surface area (Å²) in [7, 11) is 0. The van der Waals surface area contributed by atoms with Gasteiger partial charge in [0.05, 0.1) is 0 Å². The highest BCUT2D eigenvalue weighted by molar-refractivity contribution is 6.31. The van der Waals surface area contributed by atoms with Crippen molar-refractivity contribution in [2.45, 2.75) is 6.92 Å². The monoisotopic (exact) mass is 256 g/mol. The van der Waals surface area contributed by atoms with Crippen molar-refractivity contribution in [2.75, 3.05) is 18.5 Å². The smallest absolute Gasteiger partial charge is 0.250 e. The first kappa shape index (κ1) is 13.5. The van der Waals surface area contributed by atoms with Gasteiger partial charge in [0.2, 0.25) is 11.8 Å². The summed E-state index contributed by atoms with van der Waals surface area (Å²) >= 11 is 5.90. The lowest BCUT2D eigenvalue weighted by atomic mass is 10.2. The molecule has 6 heteroatoms. The van der Waals surface area contributed by atoms with Crippen molar-refractivity contribution in [1.82, 2.24) is 0 Å². The Morgan fingerprint density at radius 3 is 2.71 bits per heavy atom. The van der Waals surface area contributed by atoms with E-state index in [-0.39, 0.29) is 19.1 Å². The van der Waals surface area contributed by atoms with Crippen LogP contribution in [0.2, 0.25) is 5.02 Å². The van der Waals surface area contributed by atoms with Gasteiger partial charge in [0.1, 0.15) is 13.2 Å². The zero-order valence-corrected chi connectivity index (χ0v) is 10.1. The van der Waals surface area contributed by atoms with Crippen molar-refractivity contribution >= 4 is 29.1 Å². The highest BCUT2D eigenvalue weighted by Crippen LogP contribution is 2.19. The summed E-state index contributed by atoms with van der Waals surface area (Å²) in [6.45, 7) is 1.36. The Hall–Kier alpha value is -1.59. The Labute approximate surface area is 104 Å². The molecule has 0 aliphatic rings. The zero-order valence-electron chi connectivity index (χ0n) is 9.33. The molecule has 0 atom stereocenters. The first-order valence-corrected chi connectivity index (χ1v) is 5.29. The standard InChI is InChI=1S/C11H13ClN2O3/c1-7-2-3-8(4-9(7)12)14-11(16)6-17-5-10(13)15/h2-4H,5-6H2,1H3,(H2,13,15)(H,14,16). The van der Waals surface area contributed by atoms with Crippen LogP contribution in [0.1, 0.15) is 5.56 Å². The third-order valence-electron chi connectivity index (χ3n) is 1.93. The fourth-order valence-corrected chi connectivity index (χ4v) is 1.29. The molecule has 0 heterocycles. The molecular weight excluding hydrogens is 244 g/mol. The average Bonchev–Trinajstić information content (AvgIpc) is 2.23. The van der Waals surface area contributed by atoms with Gasteiger partial charge < -0.3 is 15.8 Å². The van der Waals surface area contributed by atoms with E-state index in [1.807, 2.05) is 6.92 Å². The van der Waals surface area contributed by atoms with Crippen molar-refractivity contribution in [3.8, 4) is 0 Å². The second-order valence-corrected chi connectivity index (χ2v) is 3.88. The maximum atomic E-state index is 11.4. The minimum Gasteiger partial charge on any atom is -0.368 e. The van der Waals surface area contributed by atoms with Crippen molar-refractivity contribution in [1.29, 1.82) is 0 Å². The summed E-state index contributed by atoms with van der Waals surface area (Å²) in [5.74, 6) is -0.984. The largest absolute Gasteiger partial charge is 0.368 e. The minimum absolute atomic E-state index is 0.228. The normalized spacial score (nSPS) is 10.0. The number of carbonyl (C=O) groups is 2. The first-order chi connectivity index (χ1) is 7.99. The molecule has 2 amide bonds. The molecule has 0 unspecified atom stereocenters. The number of rotatable bonds is 5. The molecule has 0 saturated heterocycles. The molecule has 3 N–H and O–H groups in total. The van der Waals surface area contributed by atoms with Crippen LogP contribution in [-0.4, -0.2) is 25.0 Å². The molecule has 5 nitrogen and oxygen atoms in total. The third-order valence-corrected chi connectivity index (χ3v) is 2.34. The van der Waals surface area contributed by atoms with Crippen LogP contribution in [0.25, 0.3) is 0 Å². The molecule has 0 aliphatic carbocycles. The Balaban J connectivity index is 2.45. The van der Waals surface area contributed by atoms with E-state index in [4.69, 9.17) is 22.1 Å². The summed E-state index contributed by atoms with van der Waals surface area (Å²) in [6, 6.07) is 5.16. The number of primary amides is 1. The molecule has 92 valence electrons. The van der Waals surface area contributed by atoms with Crippen LogP contribution in [0, 0.1) is 6.92 Å². The highest BCUT2D eigenvalue weighted by atomic mass is 35.5. The first-order valence-electron chi connectivity index (χ1n) is 4.91. The number of amides is 2. The predicted molar refractivity (Wildman–Crippen MR) is 64.8 cm³/mol. The van der Waals surface area contributed by atoms with Gasteiger partial charge in [-0.05, 0) is 24.6 Å². The lowest BCUT2D eigenvalue weighted by Gasteiger charge is -2.06. The molecule has 1 aromatic carbocycles. The van der Waals surface area contributed by atoms with Crippen LogP contribution >= 0.6 is 11.6 Å². The molecule has 0 aromatic heterocycles. The third kappa shape index (κ3) is 4.84. The zero-order chi connectivity index (χ0) is 12.8. The Kier molecular flexibility index (Phi) is 4.93. The van der Waals surface area contributed by atoms with Gasteiger partial charge in [0.15, 0.2) is 0 Å². The van der Waals surface area contributed by atoms with Crippen LogP contribution in [0.5, 0.6) is 0 Å². The lowest BCUT2D eigenvalue weighted by Crippen LogP contribution is -2.24. The number of nitrogens with two attached hydrogens (primary N) is 1. The Bertz CT molecular complexity index is 435. The molecular formula is C11H13ClN2O3. The van der Waals surface area contributed by atoms with Gasteiger partial charge in [0, 0.05) is 10.7 Å². The van der Waals surface area contributed by atoms with Crippen molar-refractivity contribution in [3.63, 3.8) is 0 Å². The van der Waals surface area contributed by atoms with Crippen molar-refractivity contribution in [2.24, 2.45) is 5.73 Å². The van der Waals surface area contributed by atoms with Crippen molar-refractivity contribution < 1.29 is 14.3 Å². The second kappa shape index (κ2) is 6.22.